The smallest absolute Gasteiger partial charge is 0.163 e. The molecule has 138 valence electrons. The molecule has 0 aliphatic rings. The Hall–Kier alpha value is -4.00. The highest BCUT2D eigenvalue weighted by atomic mass is 16.5. The van der Waals surface area contributed by atoms with Gasteiger partial charge in [-0.3, -0.25) is 4.98 Å². The first kappa shape index (κ1) is 17.4. The summed E-state index contributed by atoms with van der Waals surface area (Å²) in [6.07, 6.45) is 4.66. The van der Waals surface area contributed by atoms with E-state index in [2.05, 4.69) is 15.3 Å². The SMILES string of the molecule is COc1ccc2nc(-c3cccnc3)nc(Nc3ccc(N)c(C=N)c3)c2c1. The molecule has 0 bridgehead atoms. The van der Waals surface area contributed by atoms with Gasteiger partial charge < -0.3 is 21.2 Å². The second-order valence-corrected chi connectivity index (χ2v) is 6.13. The van der Waals surface area contributed by atoms with Crippen LogP contribution in [-0.4, -0.2) is 28.3 Å². The molecule has 0 unspecified atom stereocenters. The number of aromatic nitrogens is 3. The highest BCUT2D eigenvalue weighted by Crippen LogP contribution is 2.30. The monoisotopic (exact) mass is 370 g/mol. The number of hydrogen-bond acceptors (Lipinski definition) is 7. The molecule has 4 aromatic rings. The predicted octanol–water partition coefficient (Wildman–Crippen LogP) is 4.02. The first-order chi connectivity index (χ1) is 13.7. The lowest BCUT2D eigenvalue weighted by molar-refractivity contribution is 0.415. The van der Waals surface area contributed by atoms with Gasteiger partial charge in [0, 0.05) is 46.5 Å². The van der Waals surface area contributed by atoms with Crippen molar-refractivity contribution in [2.75, 3.05) is 18.2 Å². The molecule has 7 heteroatoms. The van der Waals surface area contributed by atoms with Gasteiger partial charge in [-0.25, -0.2) is 9.97 Å². The molecule has 0 amide bonds. The molecule has 0 saturated heterocycles. The number of nitrogens with two attached hydrogens (primary N) is 1. The van der Waals surface area contributed by atoms with Gasteiger partial charge in [-0.2, -0.15) is 0 Å². The number of pyridine rings is 1. The van der Waals surface area contributed by atoms with Crippen LogP contribution in [0.2, 0.25) is 0 Å². The molecule has 0 aliphatic carbocycles. The third kappa shape index (κ3) is 3.33. The lowest BCUT2D eigenvalue weighted by atomic mass is 10.1. The summed E-state index contributed by atoms with van der Waals surface area (Å²) < 4.78 is 5.35. The maximum absolute atomic E-state index is 7.51. The highest BCUT2D eigenvalue weighted by molar-refractivity contribution is 5.94. The van der Waals surface area contributed by atoms with Crippen LogP contribution in [0.25, 0.3) is 22.3 Å². The molecule has 2 heterocycles. The fourth-order valence-corrected chi connectivity index (χ4v) is 2.87. The standard InChI is InChI=1S/C21H18N6O/c1-28-16-5-7-19-17(10-16)21(25-15-4-6-18(23)14(9-15)11-22)27-20(26-19)13-3-2-8-24-12-13/h2-12,22H,23H2,1H3,(H,25,26,27). The molecule has 0 aliphatic heterocycles. The number of hydrogen-bond donors (Lipinski definition) is 3. The van der Waals surface area contributed by atoms with E-state index < -0.39 is 0 Å². The van der Waals surface area contributed by atoms with Crippen molar-refractivity contribution in [3.63, 3.8) is 0 Å². The Morgan fingerprint density at radius 3 is 2.75 bits per heavy atom. The first-order valence-electron chi connectivity index (χ1n) is 8.61. The van der Waals surface area contributed by atoms with Gasteiger partial charge in [0.25, 0.3) is 0 Å². The molecule has 0 saturated carbocycles. The third-order valence-electron chi connectivity index (χ3n) is 4.33. The molecule has 2 aromatic heterocycles. The Kier molecular flexibility index (Phi) is 4.55. The number of ether oxygens (including phenoxy) is 1. The molecule has 0 radical (unpaired) electrons. The summed E-state index contributed by atoms with van der Waals surface area (Å²) in [6, 6.07) is 14.8. The van der Waals surface area contributed by atoms with E-state index in [0.29, 0.717) is 28.6 Å². The van der Waals surface area contributed by atoms with E-state index in [-0.39, 0.29) is 0 Å². The average molecular weight is 370 g/mol. The minimum atomic E-state index is 0.547. The second-order valence-electron chi connectivity index (χ2n) is 6.13. The molecule has 0 atom stereocenters. The number of nitrogen functional groups attached to an aromatic ring is 1. The molecule has 0 fully saturated rings. The summed E-state index contributed by atoms with van der Waals surface area (Å²) in [4.78, 5) is 13.5. The van der Waals surface area contributed by atoms with Crippen LogP contribution in [0.15, 0.2) is 60.9 Å². The van der Waals surface area contributed by atoms with Crippen molar-refractivity contribution in [2.24, 2.45) is 0 Å². The van der Waals surface area contributed by atoms with E-state index in [9.17, 15) is 0 Å². The number of nitrogens with zero attached hydrogens (tertiary/aromatic N) is 3. The van der Waals surface area contributed by atoms with Crippen LogP contribution >= 0.6 is 0 Å². The van der Waals surface area contributed by atoms with E-state index in [1.54, 1.807) is 31.6 Å². The minimum absolute atomic E-state index is 0.547. The van der Waals surface area contributed by atoms with E-state index in [4.69, 9.17) is 20.9 Å². The van der Waals surface area contributed by atoms with Gasteiger partial charge in [0.2, 0.25) is 0 Å². The highest BCUT2D eigenvalue weighted by Gasteiger charge is 2.12. The minimum Gasteiger partial charge on any atom is -0.497 e. The van der Waals surface area contributed by atoms with Crippen LogP contribution in [0.5, 0.6) is 5.75 Å². The Morgan fingerprint density at radius 1 is 1.11 bits per heavy atom. The zero-order valence-electron chi connectivity index (χ0n) is 15.2. The number of fused-ring (bicyclic) bond motifs is 1. The van der Waals surface area contributed by atoms with Crippen molar-refractivity contribution in [3.8, 4) is 17.1 Å². The Morgan fingerprint density at radius 2 is 2.00 bits per heavy atom. The molecule has 7 nitrogen and oxygen atoms in total. The predicted molar refractivity (Wildman–Crippen MR) is 111 cm³/mol. The van der Waals surface area contributed by atoms with Gasteiger partial charge in [-0.15, -0.1) is 0 Å². The summed E-state index contributed by atoms with van der Waals surface area (Å²) >= 11 is 0. The molecule has 28 heavy (non-hydrogen) atoms. The lowest BCUT2D eigenvalue weighted by Crippen LogP contribution is -2.01. The normalized spacial score (nSPS) is 10.6. The van der Waals surface area contributed by atoms with Gasteiger partial charge >= 0.3 is 0 Å². The zero-order chi connectivity index (χ0) is 19.5. The molecule has 4 N–H and O–H groups in total. The van der Waals surface area contributed by atoms with Gasteiger partial charge in [0.1, 0.15) is 11.6 Å². The van der Waals surface area contributed by atoms with Crippen molar-refractivity contribution in [1.82, 2.24) is 15.0 Å². The first-order valence-corrected chi connectivity index (χ1v) is 8.61. The fraction of sp³-hybridized carbons (Fsp3) is 0.0476. The summed E-state index contributed by atoms with van der Waals surface area (Å²) in [5.74, 6) is 1.91. The fourth-order valence-electron chi connectivity index (χ4n) is 2.87. The second kappa shape index (κ2) is 7.32. The van der Waals surface area contributed by atoms with E-state index in [1.807, 2.05) is 36.4 Å². The third-order valence-corrected chi connectivity index (χ3v) is 4.33. The summed E-state index contributed by atoms with van der Waals surface area (Å²) in [7, 11) is 1.62. The lowest BCUT2D eigenvalue weighted by Gasteiger charge is -2.13. The Balaban J connectivity index is 1.87. The van der Waals surface area contributed by atoms with Gasteiger partial charge in [-0.1, -0.05) is 0 Å². The molecule has 4 rings (SSSR count). The molecule has 2 aromatic carbocycles. The maximum Gasteiger partial charge on any atom is 0.163 e. The zero-order valence-corrected chi connectivity index (χ0v) is 15.2. The van der Waals surface area contributed by atoms with Gasteiger partial charge in [0.05, 0.1) is 12.6 Å². The van der Waals surface area contributed by atoms with Crippen LogP contribution in [0.3, 0.4) is 0 Å². The largest absolute Gasteiger partial charge is 0.497 e. The Labute approximate surface area is 161 Å². The Bertz CT molecular complexity index is 1160. The van der Waals surface area contributed by atoms with Gasteiger partial charge in [0.15, 0.2) is 5.82 Å². The van der Waals surface area contributed by atoms with Crippen molar-refractivity contribution >= 4 is 34.3 Å². The number of benzene rings is 2. The van der Waals surface area contributed by atoms with E-state index >= 15 is 0 Å². The van der Waals surface area contributed by atoms with Crippen LogP contribution in [0.4, 0.5) is 17.2 Å². The van der Waals surface area contributed by atoms with E-state index in [0.717, 1.165) is 22.2 Å². The topological polar surface area (TPSA) is 110 Å². The van der Waals surface area contributed by atoms with Crippen molar-refractivity contribution in [2.45, 2.75) is 0 Å². The molecule has 0 spiro atoms. The molecular weight excluding hydrogens is 352 g/mol. The number of anilines is 3. The summed E-state index contributed by atoms with van der Waals surface area (Å²) in [5, 5.41) is 11.7. The van der Waals surface area contributed by atoms with Crippen molar-refractivity contribution < 1.29 is 4.74 Å². The summed E-state index contributed by atoms with van der Waals surface area (Å²) in [5.41, 5.74) is 9.44. The van der Waals surface area contributed by atoms with Crippen molar-refractivity contribution in [3.05, 3.63) is 66.5 Å². The average Bonchev–Trinajstić information content (AvgIpc) is 2.75. The van der Waals surface area contributed by atoms with Crippen LogP contribution < -0.4 is 15.8 Å². The van der Waals surface area contributed by atoms with Gasteiger partial charge in [-0.05, 0) is 48.5 Å². The van der Waals surface area contributed by atoms with Crippen molar-refractivity contribution in [1.29, 1.82) is 5.41 Å². The summed E-state index contributed by atoms with van der Waals surface area (Å²) in [6.45, 7) is 0. The van der Waals surface area contributed by atoms with Crippen LogP contribution in [-0.2, 0) is 0 Å². The van der Waals surface area contributed by atoms with Crippen LogP contribution in [0, 0.1) is 5.41 Å². The molecular formula is C21H18N6O. The maximum atomic E-state index is 7.51. The quantitative estimate of drug-likeness (QED) is 0.361. The van der Waals surface area contributed by atoms with Crippen LogP contribution in [0.1, 0.15) is 5.56 Å². The number of nitrogens with one attached hydrogen (secondary N) is 2. The number of rotatable bonds is 5. The van der Waals surface area contributed by atoms with E-state index in [1.165, 1.54) is 6.21 Å². The number of methoxy groups -OCH3 is 1.